The molecule has 4 rings (SSSR count). The van der Waals surface area contributed by atoms with E-state index in [9.17, 15) is 0 Å². The summed E-state index contributed by atoms with van der Waals surface area (Å²) in [6.07, 6.45) is 0. The van der Waals surface area contributed by atoms with Gasteiger partial charge >= 0.3 is 0 Å². The zero-order valence-corrected chi connectivity index (χ0v) is 15.2. The van der Waals surface area contributed by atoms with Crippen molar-refractivity contribution in [3.8, 4) is 40.0 Å². The Hall–Kier alpha value is -3.47. The summed E-state index contributed by atoms with van der Waals surface area (Å²) in [4.78, 5) is 9.19. The molecule has 2 aromatic heterocycles. The fourth-order valence-corrected chi connectivity index (χ4v) is 2.77. The highest BCUT2D eigenvalue weighted by atomic mass is 16.5. The third-order valence-corrected chi connectivity index (χ3v) is 4.18. The van der Waals surface area contributed by atoms with Crippen molar-refractivity contribution in [2.75, 3.05) is 6.61 Å². The van der Waals surface area contributed by atoms with Crippen LogP contribution in [-0.2, 0) is 0 Å². The predicted molar refractivity (Wildman–Crippen MR) is 104 cm³/mol. The Labute approximate surface area is 157 Å². The number of hydrogen-bond donors (Lipinski definition) is 0. The summed E-state index contributed by atoms with van der Waals surface area (Å²) in [6, 6.07) is 21.8. The first-order valence-corrected chi connectivity index (χ1v) is 8.85. The van der Waals surface area contributed by atoms with Crippen molar-refractivity contribution in [2.45, 2.75) is 13.8 Å². The van der Waals surface area contributed by atoms with Gasteiger partial charge in [0, 0.05) is 11.1 Å². The summed E-state index contributed by atoms with van der Waals surface area (Å²) in [7, 11) is 0. The van der Waals surface area contributed by atoms with E-state index in [1.54, 1.807) is 0 Å². The molecule has 0 N–H and O–H groups in total. The minimum Gasteiger partial charge on any atom is -0.477 e. The van der Waals surface area contributed by atoms with Crippen LogP contribution in [-0.4, -0.2) is 21.7 Å². The van der Waals surface area contributed by atoms with E-state index in [1.807, 2.05) is 80.6 Å². The lowest BCUT2D eigenvalue weighted by atomic mass is 10.1. The Morgan fingerprint density at radius 1 is 0.852 bits per heavy atom. The molecular weight excluding hydrogens is 338 g/mol. The molecule has 134 valence electrons. The molecule has 0 aliphatic carbocycles. The maximum atomic E-state index is 5.75. The van der Waals surface area contributed by atoms with Crippen molar-refractivity contribution < 1.29 is 9.26 Å². The maximum Gasteiger partial charge on any atom is 0.258 e. The fourth-order valence-electron chi connectivity index (χ4n) is 2.77. The minimum atomic E-state index is 0.459. The van der Waals surface area contributed by atoms with E-state index >= 15 is 0 Å². The van der Waals surface area contributed by atoms with Gasteiger partial charge in [-0.05, 0) is 38.1 Å². The van der Waals surface area contributed by atoms with Crippen LogP contribution in [0.15, 0.2) is 71.3 Å². The van der Waals surface area contributed by atoms with Crippen molar-refractivity contribution in [3.63, 3.8) is 0 Å². The molecule has 27 heavy (non-hydrogen) atoms. The molecule has 4 aromatic rings. The van der Waals surface area contributed by atoms with Crippen LogP contribution in [0.25, 0.3) is 34.1 Å². The number of aryl methyl sites for hydroxylation is 1. The normalized spacial score (nSPS) is 10.7. The summed E-state index contributed by atoms with van der Waals surface area (Å²) in [6.45, 7) is 4.47. The van der Waals surface area contributed by atoms with Gasteiger partial charge in [-0.3, -0.25) is 0 Å². The van der Waals surface area contributed by atoms with Gasteiger partial charge in [-0.15, -0.1) is 0 Å². The van der Waals surface area contributed by atoms with Crippen LogP contribution in [0, 0.1) is 6.92 Å². The number of rotatable bonds is 5. The highest BCUT2D eigenvalue weighted by Gasteiger charge is 2.17. The third-order valence-electron chi connectivity index (χ3n) is 4.18. The fraction of sp³-hybridized carbons (Fsp3) is 0.136. The number of hydrogen-bond acceptors (Lipinski definition) is 5. The lowest BCUT2D eigenvalue weighted by Crippen LogP contribution is -1.99. The molecular formula is C22H19N3O2. The molecule has 2 aromatic carbocycles. The average Bonchev–Trinajstić information content (AvgIpc) is 3.19. The van der Waals surface area contributed by atoms with Crippen LogP contribution in [0.5, 0.6) is 5.88 Å². The first-order chi connectivity index (χ1) is 13.2. The molecule has 0 unspecified atom stereocenters. The van der Waals surface area contributed by atoms with Crippen molar-refractivity contribution in [3.05, 3.63) is 72.3 Å². The highest BCUT2D eigenvalue weighted by molar-refractivity contribution is 5.69. The van der Waals surface area contributed by atoms with Gasteiger partial charge in [0.25, 0.3) is 5.89 Å². The molecule has 5 heteroatoms. The van der Waals surface area contributed by atoms with Crippen molar-refractivity contribution in [1.29, 1.82) is 0 Å². The third kappa shape index (κ3) is 3.58. The van der Waals surface area contributed by atoms with Gasteiger partial charge < -0.3 is 9.26 Å². The lowest BCUT2D eigenvalue weighted by molar-refractivity contribution is 0.328. The molecule has 0 radical (unpaired) electrons. The van der Waals surface area contributed by atoms with E-state index in [2.05, 4.69) is 15.1 Å². The van der Waals surface area contributed by atoms with Crippen LogP contribution in [0.4, 0.5) is 0 Å². The molecule has 5 nitrogen and oxygen atoms in total. The summed E-state index contributed by atoms with van der Waals surface area (Å²) in [5.74, 6) is 1.43. The topological polar surface area (TPSA) is 61.0 Å². The van der Waals surface area contributed by atoms with Crippen LogP contribution in [0.1, 0.15) is 12.5 Å². The zero-order valence-electron chi connectivity index (χ0n) is 15.2. The van der Waals surface area contributed by atoms with Gasteiger partial charge in [0.05, 0.1) is 17.9 Å². The van der Waals surface area contributed by atoms with Gasteiger partial charge in [0.2, 0.25) is 11.7 Å². The summed E-state index contributed by atoms with van der Waals surface area (Å²) < 4.78 is 11.2. The van der Waals surface area contributed by atoms with E-state index in [1.165, 1.54) is 5.56 Å². The smallest absolute Gasteiger partial charge is 0.258 e. The predicted octanol–water partition coefficient (Wildman–Crippen LogP) is 5.17. The Balaban J connectivity index is 1.72. The Morgan fingerprint density at radius 3 is 2.37 bits per heavy atom. The lowest BCUT2D eigenvalue weighted by Gasteiger charge is -2.09. The van der Waals surface area contributed by atoms with Crippen LogP contribution < -0.4 is 4.74 Å². The number of pyridine rings is 1. The van der Waals surface area contributed by atoms with E-state index < -0.39 is 0 Å². The van der Waals surface area contributed by atoms with Crippen molar-refractivity contribution in [2.24, 2.45) is 0 Å². The standard InChI is InChI=1S/C22H19N3O2/c1-3-26-22-18(13-14-19(23-22)16-7-5-4-6-8-16)20-24-21(27-25-20)17-11-9-15(2)10-12-17/h4-14H,3H2,1-2H3. The molecule has 0 atom stereocenters. The maximum absolute atomic E-state index is 5.75. The molecule has 0 amide bonds. The summed E-state index contributed by atoms with van der Waals surface area (Å²) >= 11 is 0. The zero-order chi connectivity index (χ0) is 18.6. The minimum absolute atomic E-state index is 0.459. The van der Waals surface area contributed by atoms with Crippen molar-refractivity contribution >= 4 is 0 Å². The molecule has 0 fully saturated rings. The highest BCUT2D eigenvalue weighted by Crippen LogP contribution is 2.31. The second-order valence-corrected chi connectivity index (χ2v) is 6.14. The summed E-state index contributed by atoms with van der Waals surface area (Å²) in [5, 5.41) is 4.12. The monoisotopic (exact) mass is 357 g/mol. The average molecular weight is 357 g/mol. The van der Waals surface area contributed by atoms with E-state index in [0.29, 0.717) is 29.8 Å². The van der Waals surface area contributed by atoms with E-state index in [4.69, 9.17) is 9.26 Å². The largest absolute Gasteiger partial charge is 0.477 e. The van der Waals surface area contributed by atoms with Gasteiger partial charge in [-0.2, -0.15) is 4.98 Å². The Bertz CT molecular complexity index is 1040. The summed E-state index contributed by atoms with van der Waals surface area (Å²) in [5.41, 5.74) is 4.63. The number of nitrogens with zero attached hydrogens (tertiary/aromatic N) is 3. The van der Waals surface area contributed by atoms with Gasteiger partial charge in [-0.1, -0.05) is 53.2 Å². The Kier molecular flexibility index (Phi) is 4.66. The first kappa shape index (κ1) is 17.0. The first-order valence-electron chi connectivity index (χ1n) is 8.85. The SMILES string of the molecule is CCOc1nc(-c2ccccc2)ccc1-c1noc(-c2ccc(C)cc2)n1. The molecule has 0 saturated carbocycles. The van der Waals surface area contributed by atoms with Crippen LogP contribution in [0.2, 0.25) is 0 Å². The van der Waals surface area contributed by atoms with Gasteiger partial charge in [-0.25, -0.2) is 4.98 Å². The van der Waals surface area contributed by atoms with Gasteiger partial charge in [0.1, 0.15) is 0 Å². The molecule has 0 saturated heterocycles. The number of benzene rings is 2. The second-order valence-electron chi connectivity index (χ2n) is 6.14. The van der Waals surface area contributed by atoms with E-state index in [0.717, 1.165) is 16.8 Å². The Morgan fingerprint density at radius 2 is 1.63 bits per heavy atom. The molecule has 0 aliphatic rings. The quantitative estimate of drug-likeness (QED) is 0.493. The van der Waals surface area contributed by atoms with Crippen LogP contribution in [0.3, 0.4) is 0 Å². The molecule has 0 bridgehead atoms. The number of aromatic nitrogens is 3. The molecule has 0 spiro atoms. The van der Waals surface area contributed by atoms with Crippen LogP contribution >= 0.6 is 0 Å². The van der Waals surface area contributed by atoms with E-state index in [-0.39, 0.29) is 0 Å². The van der Waals surface area contributed by atoms with Crippen molar-refractivity contribution in [1.82, 2.24) is 15.1 Å². The molecule has 0 aliphatic heterocycles. The number of ether oxygens (including phenoxy) is 1. The second kappa shape index (κ2) is 7.41. The van der Waals surface area contributed by atoms with Gasteiger partial charge in [0.15, 0.2) is 0 Å². The molecule has 2 heterocycles.